The highest BCUT2D eigenvalue weighted by molar-refractivity contribution is 8.13. The molecule has 0 aromatic rings. The fraction of sp³-hybridized carbons (Fsp3) is 0.667. The van der Waals surface area contributed by atoms with Gasteiger partial charge in [0, 0.05) is 5.41 Å². The third-order valence-corrected chi connectivity index (χ3v) is 2.92. The van der Waals surface area contributed by atoms with Crippen molar-refractivity contribution in [2.75, 3.05) is 6.26 Å². The van der Waals surface area contributed by atoms with Crippen LogP contribution in [0.1, 0.15) is 20.8 Å². The smallest absolute Gasteiger partial charge is 0.0902 e. The lowest BCUT2D eigenvalue weighted by Gasteiger charge is -2.28. The topological polar surface area (TPSA) is 12.4 Å². The van der Waals surface area contributed by atoms with Gasteiger partial charge < -0.3 is 0 Å². The van der Waals surface area contributed by atoms with E-state index in [0.29, 0.717) is 6.04 Å². The average Bonchev–Trinajstić information content (AvgIpc) is 1.95. The van der Waals surface area contributed by atoms with Gasteiger partial charge in [0.05, 0.1) is 11.1 Å². The van der Waals surface area contributed by atoms with Crippen LogP contribution in [0.2, 0.25) is 0 Å². The third-order valence-electron chi connectivity index (χ3n) is 2.26. The zero-order chi connectivity index (χ0) is 8.48. The molecule has 11 heavy (non-hydrogen) atoms. The first kappa shape index (κ1) is 8.85. The SMILES string of the molecule is CSC1=NC(C)C(C)(C)C=C1. The summed E-state index contributed by atoms with van der Waals surface area (Å²) in [6.07, 6.45) is 6.43. The predicted molar refractivity (Wildman–Crippen MR) is 53.3 cm³/mol. The summed E-state index contributed by atoms with van der Waals surface area (Å²) >= 11 is 1.71. The minimum atomic E-state index is 0.235. The first-order valence-corrected chi connectivity index (χ1v) is 5.10. The van der Waals surface area contributed by atoms with Crippen molar-refractivity contribution in [3.8, 4) is 0 Å². The minimum Gasteiger partial charge on any atom is -0.275 e. The van der Waals surface area contributed by atoms with Crippen molar-refractivity contribution in [2.24, 2.45) is 10.4 Å². The van der Waals surface area contributed by atoms with Gasteiger partial charge in [-0.2, -0.15) is 0 Å². The molecule has 1 aliphatic heterocycles. The van der Waals surface area contributed by atoms with E-state index >= 15 is 0 Å². The Morgan fingerprint density at radius 3 is 2.64 bits per heavy atom. The van der Waals surface area contributed by atoms with Crippen molar-refractivity contribution in [3.05, 3.63) is 12.2 Å². The Hall–Kier alpha value is -0.240. The fourth-order valence-electron chi connectivity index (χ4n) is 0.946. The highest BCUT2D eigenvalue weighted by Crippen LogP contribution is 2.29. The number of hydrogen-bond acceptors (Lipinski definition) is 2. The van der Waals surface area contributed by atoms with Crippen molar-refractivity contribution in [3.63, 3.8) is 0 Å². The van der Waals surface area contributed by atoms with Crippen LogP contribution < -0.4 is 0 Å². The van der Waals surface area contributed by atoms with Crippen LogP contribution >= 0.6 is 11.8 Å². The van der Waals surface area contributed by atoms with Crippen LogP contribution in [-0.4, -0.2) is 17.3 Å². The summed E-state index contributed by atoms with van der Waals surface area (Å²) in [4.78, 5) is 4.55. The second-order valence-corrected chi connectivity index (χ2v) is 4.33. The zero-order valence-corrected chi connectivity index (χ0v) is 8.40. The number of rotatable bonds is 0. The maximum Gasteiger partial charge on any atom is 0.0902 e. The Labute approximate surface area is 73.0 Å². The first-order chi connectivity index (χ1) is 5.06. The van der Waals surface area contributed by atoms with Gasteiger partial charge in [-0.25, -0.2) is 0 Å². The van der Waals surface area contributed by atoms with Crippen LogP contribution in [-0.2, 0) is 0 Å². The number of hydrogen-bond donors (Lipinski definition) is 0. The molecule has 1 aliphatic rings. The second kappa shape index (κ2) is 3.02. The van der Waals surface area contributed by atoms with Crippen LogP contribution in [0, 0.1) is 5.41 Å². The summed E-state index contributed by atoms with van der Waals surface area (Å²) in [6.45, 7) is 6.60. The van der Waals surface area contributed by atoms with Gasteiger partial charge in [0.25, 0.3) is 0 Å². The van der Waals surface area contributed by atoms with Crippen LogP contribution in [0.3, 0.4) is 0 Å². The lowest BCUT2D eigenvalue weighted by atomic mass is 9.84. The molecule has 0 aliphatic carbocycles. The van der Waals surface area contributed by atoms with E-state index in [1.807, 2.05) is 0 Å². The Kier molecular flexibility index (Phi) is 2.43. The molecule has 1 atom stereocenters. The molecular formula is C9H15NS. The first-order valence-electron chi connectivity index (χ1n) is 3.87. The van der Waals surface area contributed by atoms with Crippen LogP contribution in [0.5, 0.6) is 0 Å². The molecule has 1 nitrogen and oxygen atoms in total. The van der Waals surface area contributed by atoms with Gasteiger partial charge in [0.1, 0.15) is 0 Å². The summed E-state index contributed by atoms with van der Waals surface area (Å²) in [7, 11) is 0. The molecule has 0 bridgehead atoms. The summed E-state index contributed by atoms with van der Waals surface area (Å²) in [5.74, 6) is 0. The number of nitrogens with zero attached hydrogens (tertiary/aromatic N) is 1. The maximum absolute atomic E-state index is 4.55. The molecular weight excluding hydrogens is 154 g/mol. The van der Waals surface area contributed by atoms with Gasteiger partial charge in [0.15, 0.2) is 0 Å². The molecule has 0 N–H and O–H groups in total. The molecule has 0 amide bonds. The molecule has 0 saturated carbocycles. The fourth-order valence-corrected chi connectivity index (χ4v) is 1.41. The quantitative estimate of drug-likeness (QED) is 0.543. The van der Waals surface area contributed by atoms with Gasteiger partial charge in [-0.1, -0.05) is 19.9 Å². The Morgan fingerprint density at radius 2 is 2.18 bits per heavy atom. The standard InChI is InChI=1S/C9H15NS/c1-7-9(2,3)6-5-8(10-7)11-4/h5-7H,1-4H3. The Balaban J connectivity index is 2.80. The molecule has 0 aromatic carbocycles. The monoisotopic (exact) mass is 169 g/mol. The van der Waals surface area contributed by atoms with E-state index in [2.05, 4.69) is 44.2 Å². The molecule has 1 rings (SSSR count). The van der Waals surface area contributed by atoms with E-state index in [-0.39, 0.29) is 5.41 Å². The van der Waals surface area contributed by atoms with Crippen molar-refractivity contribution < 1.29 is 0 Å². The molecule has 1 unspecified atom stereocenters. The lowest BCUT2D eigenvalue weighted by Crippen LogP contribution is -2.26. The van der Waals surface area contributed by atoms with E-state index in [1.165, 1.54) is 0 Å². The summed E-state index contributed by atoms with van der Waals surface area (Å²) < 4.78 is 0. The van der Waals surface area contributed by atoms with Gasteiger partial charge >= 0.3 is 0 Å². The second-order valence-electron chi connectivity index (χ2n) is 3.50. The van der Waals surface area contributed by atoms with E-state index in [1.54, 1.807) is 11.8 Å². The van der Waals surface area contributed by atoms with Gasteiger partial charge in [0.2, 0.25) is 0 Å². The van der Waals surface area contributed by atoms with E-state index < -0.39 is 0 Å². The van der Waals surface area contributed by atoms with Crippen LogP contribution in [0.4, 0.5) is 0 Å². The average molecular weight is 169 g/mol. The normalized spacial score (nSPS) is 28.4. The molecule has 0 radical (unpaired) electrons. The van der Waals surface area contributed by atoms with Crippen molar-refractivity contribution in [2.45, 2.75) is 26.8 Å². The number of aliphatic imine (C=N–C) groups is 1. The maximum atomic E-state index is 4.55. The predicted octanol–water partition coefficient (Wildman–Crippen LogP) is 2.73. The summed E-state index contributed by atoms with van der Waals surface area (Å²) in [6, 6.07) is 0.412. The Morgan fingerprint density at radius 1 is 1.55 bits per heavy atom. The van der Waals surface area contributed by atoms with E-state index in [0.717, 1.165) is 5.04 Å². The molecule has 1 heterocycles. The number of thioether (sulfide) groups is 1. The van der Waals surface area contributed by atoms with Crippen LogP contribution in [0.25, 0.3) is 0 Å². The van der Waals surface area contributed by atoms with Gasteiger partial charge in [-0.05, 0) is 19.3 Å². The summed E-state index contributed by atoms with van der Waals surface area (Å²) in [5.41, 5.74) is 0.235. The van der Waals surface area contributed by atoms with Gasteiger partial charge in [-0.15, -0.1) is 11.8 Å². The lowest BCUT2D eigenvalue weighted by molar-refractivity contribution is 0.393. The van der Waals surface area contributed by atoms with Crippen molar-refractivity contribution >= 4 is 16.8 Å². The molecule has 0 spiro atoms. The Bertz CT molecular complexity index is 204. The van der Waals surface area contributed by atoms with E-state index in [4.69, 9.17) is 0 Å². The summed E-state index contributed by atoms with van der Waals surface area (Å²) in [5, 5.41) is 1.15. The molecule has 0 aromatic heterocycles. The minimum absolute atomic E-state index is 0.235. The van der Waals surface area contributed by atoms with Crippen LogP contribution in [0.15, 0.2) is 17.1 Å². The largest absolute Gasteiger partial charge is 0.275 e. The van der Waals surface area contributed by atoms with Crippen molar-refractivity contribution in [1.82, 2.24) is 0 Å². The third kappa shape index (κ3) is 1.86. The molecule has 0 saturated heterocycles. The molecule has 62 valence electrons. The van der Waals surface area contributed by atoms with Gasteiger partial charge in [-0.3, -0.25) is 4.99 Å². The highest BCUT2D eigenvalue weighted by atomic mass is 32.2. The number of dihydropyridines is 1. The zero-order valence-electron chi connectivity index (χ0n) is 7.59. The molecule has 2 heteroatoms. The van der Waals surface area contributed by atoms with Crippen molar-refractivity contribution in [1.29, 1.82) is 0 Å². The molecule has 0 fully saturated rings. The highest BCUT2D eigenvalue weighted by Gasteiger charge is 2.25. The van der Waals surface area contributed by atoms with E-state index in [9.17, 15) is 0 Å².